The Balaban J connectivity index is 1.33. The lowest BCUT2D eigenvalue weighted by Gasteiger charge is -2.43. The Morgan fingerprint density at radius 1 is 0.839 bits per heavy atom. The SMILES string of the molecule is C[C@@]12[C@H]3CC[C@@H]1[C@](C)(OCc1ccccc1)C[N@+]2(Cc1ccc2ccccc2c1)CC3. The number of fused-ring (bicyclic) bond motifs is 1. The highest BCUT2D eigenvalue weighted by Gasteiger charge is 2.74. The van der Waals surface area contributed by atoms with Crippen LogP contribution in [0.2, 0.25) is 0 Å². The molecule has 3 aromatic rings. The number of hydrogen-bond acceptors (Lipinski definition) is 1. The lowest BCUT2D eigenvalue weighted by Crippen LogP contribution is -2.57. The van der Waals surface area contributed by atoms with E-state index in [9.17, 15) is 0 Å². The van der Waals surface area contributed by atoms with Crippen LogP contribution < -0.4 is 0 Å². The Bertz CT molecular complexity index is 1110. The Hall–Kier alpha value is -2.16. The van der Waals surface area contributed by atoms with Crippen LogP contribution in [0.15, 0.2) is 72.8 Å². The summed E-state index contributed by atoms with van der Waals surface area (Å²) in [6.45, 7) is 9.34. The largest absolute Gasteiger partial charge is 0.364 e. The number of ether oxygens (including phenoxy) is 1. The van der Waals surface area contributed by atoms with Crippen LogP contribution in [0.5, 0.6) is 0 Å². The summed E-state index contributed by atoms with van der Waals surface area (Å²) in [5, 5.41) is 2.71. The molecule has 0 unspecified atom stereocenters. The second kappa shape index (κ2) is 6.92. The molecule has 1 aliphatic carbocycles. The van der Waals surface area contributed by atoms with Crippen molar-refractivity contribution in [3.05, 3.63) is 83.9 Å². The molecule has 2 nitrogen and oxygen atoms in total. The molecule has 1 saturated carbocycles. The summed E-state index contributed by atoms with van der Waals surface area (Å²) in [4.78, 5) is 0. The van der Waals surface area contributed by atoms with Crippen molar-refractivity contribution in [2.45, 2.75) is 57.4 Å². The second-order valence-corrected chi connectivity index (χ2v) is 10.8. The van der Waals surface area contributed by atoms with Crippen molar-refractivity contribution in [1.29, 1.82) is 0 Å². The van der Waals surface area contributed by atoms with Gasteiger partial charge in [-0.2, -0.15) is 0 Å². The maximum Gasteiger partial charge on any atom is 0.123 e. The Labute approximate surface area is 186 Å². The van der Waals surface area contributed by atoms with Gasteiger partial charge >= 0.3 is 0 Å². The number of rotatable bonds is 5. The van der Waals surface area contributed by atoms with Crippen molar-refractivity contribution in [2.75, 3.05) is 13.1 Å². The standard InChI is InChI=1S/C29H34NO/c1-28(31-20-22-8-4-3-5-9-22)21-30(17-16-26-14-15-27(28)29(26,30)2)19-23-12-13-24-10-6-7-11-25(24)18-23/h3-13,18,26-27H,14-17,19-21H2,1-2H3/q+1/t26-,27+,28+,29+,30+/m0/s1. The number of benzene rings is 3. The highest BCUT2D eigenvalue weighted by molar-refractivity contribution is 5.82. The van der Waals surface area contributed by atoms with Crippen LogP contribution in [0.3, 0.4) is 0 Å². The Morgan fingerprint density at radius 2 is 1.61 bits per heavy atom. The van der Waals surface area contributed by atoms with Gasteiger partial charge in [0.1, 0.15) is 24.2 Å². The van der Waals surface area contributed by atoms with Gasteiger partial charge in [0.05, 0.1) is 13.2 Å². The lowest BCUT2D eigenvalue weighted by molar-refractivity contribution is -0.967. The molecule has 6 rings (SSSR count). The summed E-state index contributed by atoms with van der Waals surface area (Å²) in [6, 6.07) is 26.6. The normalized spacial score (nSPS) is 36.2. The minimum absolute atomic E-state index is 0.0450. The third-order valence-electron chi connectivity index (χ3n) is 9.33. The van der Waals surface area contributed by atoms with E-state index in [-0.39, 0.29) is 5.60 Å². The zero-order valence-electron chi connectivity index (χ0n) is 18.9. The van der Waals surface area contributed by atoms with Crippen molar-refractivity contribution >= 4 is 10.8 Å². The van der Waals surface area contributed by atoms with Gasteiger partial charge in [-0.25, -0.2) is 0 Å². The van der Waals surface area contributed by atoms with Crippen molar-refractivity contribution in [1.82, 2.24) is 0 Å². The van der Waals surface area contributed by atoms with E-state index in [1.807, 2.05) is 0 Å². The Morgan fingerprint density at radius 3 is 2.45 bits per heavy atom. The maximum absolute atomic E-state index is 6.83. The van der Waals surface area contributed by atoms with Crippen LogP contribution in [0.4, 0.5) is 0 Å². The molecule has 3 aromatic carbocycles. The molecule has 0 radical (unpaired) electrons. The van der Waals surface area contributed by atoms with Crippen LogP contribution in [-0.4, -0.2) is 28.7 Å². The van der Waals surface area contributed by atoms with Gasteiger partial charge in [-0.15, -0.1) is 0 Å². The van der Waals surface area contributed by atoms with E-state index in [0.29, 0.717) is 11.5 Å². The van der Waals surface area contributed by atoms with Gasteiger partial charge in [0.15, 0.2) is 0 Å². The van der Waals surface area contributed by atoms with Crippen molar-refractivity contribution in [3.8, 4) is 0 Å². The predicted molar refractivity (Wildman–Crippen MR) is 127 cm³/mol. The van der Waals surface area contributed by atoms with E-state index < -0.39 is 0 Å². The molecule has 3 fully saturated rings. The molecule has 2 aliphatic heterocycles. The van der Waals surface area contributed by atoms with E-state index >= 15 is 0 Å². The topological polar surface area (TPSA) is 9.23 Å². The van der Waals surface area contributed by atoms with Crippen molar-refractivity contribution in [2.24, 2.45) is 11.8 Å². The minimum Gasteiger partial charge on any atom is -0.364 e. The summed E-state index contributed by atoms with van der Waals surface area (Å²) in [6.07, 6.45) is 4.09. The first kappa shape index (κ1) is 19.5. The number of hydrogen-bond donors (Lipinski definition) is 0. The van der Waals surface area contributed by atoms with Gasteiger partial charge < -0.3 is 9.22 Å². The van der Waals surface area contributed by atoms with Crippen molar-refractivity contribution < 1.29 is 9.22 Å². The first-order valence-electron chi connectivity index (χ1n) is 12.0. The van der Waals surface area contributed by atoms with Crippen molar-refractivity contribution in [3.63, 3.8) is 0 Å². The monoisotopic (exact) mass is 412 g/mol. The van der Waals surface area contributed by atoms with Crippen LogP contribution in [-0.2, 0) is 17.9 Å². The molecule has 5 atom stereocenters. The highest BCUT2D eigenvalue weighted by atomic mass is 16.5. The predicted octanol–water partition coefficient (Wildman–Crippen LogP) is 6.33. The van der Waals surface area contributed by atoms with Crippen LogP contribution in [0, 0.1) is 11.8 Å². The molecule has 2 heteroatoms. The summed E-state index contributed by atoms with van der Waals surface area (Å²) in [7, 11) is 0. The molecule has 0 aromatic heterocycles. The summed E-state index contributed by atoms with van der Waals surface area (Å²) < 4.78 is 8.04. The molecular formula is C29H34NO+. The summed E-state index contributed by atoms with van der Waals surface area (Å²) in [5.74, 6) is 1.50. The van der Waals surface area contributed by atoms with E-state index in [1.165, 1.54) is 52.2 Å². The zero-order chi connectivity index (χ0) is 21.1. The van der Waals surface area contributed by atoms with E-state index in [2.05, 4.69) is 86.6 Å². The third kappa shape index (κ3) is 2.84. The van der Waals surface area contributed by atoms with Crippen LogP contribution in [0.1, 0.15) is 44.2 Å². The lowest BCUT2D eigenvalue weighted by atomic mass is 9.78. The Kier molecular flexibility index (Phi) is 4.36. The fourth-order valence-corrected chi connectivity index (χ4v) is 7.88. The van der Waals surface area contributed by atoms with Crippen LogP contribution in [0.25, 0.3) is 10.8 Å². The average molecular weight is 413 g/mol. The first-order chi connectivity index (χ1) is 15.0. The molecule has 3 aliphatic rings. The van der Waals surface area contributed by atoms with Gasteiger partial charge in [0.25, 0.3) is 0 Å². The smallest absolute Gasteiger partial charge is 0.123 e. The van der Waals surface area contributed by atoms with Gasteiger partial charge in [-0.1, -0.05) is 66.7 Å². The fourth-order valence-electron chi connectivity index (χ4n) is 7.88. The molecule has 0 N–H and O–H groups in total. The third-order valence-corrected chi connectivity index (χ3v) is 9.33. The minimum atomic E-state index is -0.0450. The summed E-state index contributed by atoms with van der Waals surface area (Å²) >= 11 is 0. The van der Waals surface area contributed by atoms with E-state index in [0.717, 1.165) is 25.6 Å². The quantitative estimate of drug-likeness (QED) is 0.445. The second-order valence-electron chi connectivity index (χ2n) is 10.8. The molecule has 31 heavy (non-hydrogen) atoms. The molecule has 0 spiro atoms. The molecule has 160 valence electrons. The van der Waals surface area contributed by atoms with Gasteiger partial charge in [-0.05, 0) is 49.1 Å². The van der Waals surface area contributed by atoms with Gasteiger partial charge in [0, 0.05) is 23.8 Å². The number of nitrogens with zero attached hydrogens (tertiary/aromatic N) is 1. The first-order valence-corrected chi connectivity index (χ1v) is 12.0. The molecule has 0 bridgehead atoms. The zero-order valence-corrected chi connectivity index (χ0v) is 18.9. The maximum atomic E-state index is 6.83. The number of quaternary nitrogens is 1. The van der Waals surface area contributed by atoms with Gasteiger partial charge in [0.2, 0.25) is 0 Å². The summed E-state index contributed by atoms with van der Waals surface area (Å²) in [5.41, 5.74) is 3.07. The molecule has 2 heterocycles. The highest BCUT2D eigenvalue weighted by Crippen LogP contribution is 2.64. The van der Waals surface area contributed by atoms with Gasteiger partial charge in [-0.3, -0.25) is 0 Å². The fraction of sp³-hybridized carbons (Fsp3) is 0.448. The van der Waals surface area contributed by atoms with E-state index in [1.54, 1.807) is 0 Å². The van der Waals surface area contributed by atoms with E-state index in [4.69, 9.17) is 4.74 Å². The average Bonchev–Trinajstić information content (AvgIpc) is 3.34. The molecule has 2 saturated heterocycles. The molecular weight excluding hydrogens is 378 g/mol. The molecule has 0 amide bonds. The van der Waals surface area contributed by atoms with Crippen LogP contribution >= 0.6 is 0 Å².